The van der Waals surface area contributed by atoms with Crippen molar-refractivity contribution < 1.29 is 9.84 Å². The van der Waals surface area contributed by atoms with Crippen molar-refractivity contribution in [3.63, 3.8) is 0 Å². The van der Waals surface area contributed by atoms with Crippen LogP contribution < -0.4 is 10.5 Å². The third-order valence-electron chi connectivity index (χ3n) is 2.77. The monoisotopic (exact) mass is 233 g/mol. The number of rotatable bonds is 3. The number of nitrogens with two attached hydrogens (primary N) is 1. The Hall–Kier alpha value is -2.01. The standard InChI is InChI=1S/C12H15N3O2/c1-7-5-8(17-2)3-4-9(7)11(16)10-6-14-15-12(10)13/h3-6,11,16H,1-2H3,(H3,13,14,15). The number of aromatic amines is 1. The summed E-state index contributed by atoms with van der Waals surface area (Å²) in [4.78, 5) is 0. The third-order valence-corrected chi connectivity index (χ3v) is 2.77. The van der Waals surface area contributed by atoms with E-state index in [9.17, 15) is 5.11 Å². The molecule has 0 aliphatic rings. The molecule has 1 heterocycles. The van der Waals surface area contributed by atoms with Crippen molar-refractivity contribution in [3.8, 4) is 5.75 Å². The van der Waals surface area contributed by atoms with Crippen LogP contribution in [-0.2, 0) is 0 Å². The van der Waals surface area contributed by atoms with Gasteiger partial charge in [0.2, 0.25) is 0 Å². The number of H-pyrrole nitrogens is 1. The molecule has 1 unspecified atom stereocenters. The number of aryl methyl sites for hydroxylation is 1. The summed E-state index contributed by atoms with van der Waals surface area (Å²) in [5.74, 6) is 1.14. The molecule has 4 N–H and O–H groups in total. The Morgan fingerprint density at radius 3 is 2.71 bits per heavy atom. The van der Waals surface area contributed by atoms with Crippen molar-refractivity contribution in [3.05, 3.63) is 41.1 Å². The number of nitrogen functional groups attached to an aromatic ring is 1. The van der Waals surface area contributed by atoms with E-state index in [1.807, 2.05) is 25.1 Å². The number of ether oxygens (including phenoxy) is 1. The fraction of sp³-hybridized carbons (Fsp3) is 0.250. The molecule has 0 saturated carbocycles. The molecule has 1 aromatic heterocycles. The third kappa shape index (κ3) is 2.09. The fourth-order valence-corrected chi connectivity index (χ4v) is 1.77. The van der Waals surface area contributed by atoms with Crippen LogP contribution in [0.4, 0.5) is 5.82 Å². The molecule has 0 saturated heterocycles. The minimum absolute atomic E-state index is 0.382. The molecular formula is C12H15N3O2. The molecule has 17 heavy (non-hydrogen) atoms. The van der Waals surface area contributed by atoms with E-state index in [2.05, 4.69) is 10.2 Å². The van der Waals surface area contributed by atoms with Crippen LogP contribution >= 0.6 is 0 Å². The highest BCUT2D eigenvalue weighted by atomic mass is 16.5. The van der Waals surface area contributed by atoms with Gasteiger partial charge in [0.15, 0.2) is 0 Å². The summed E-state index contributed by atoms with van der Waals surface area (Å²) in [6, 6.07) is 5.50. The van der Waals surface area contributed by atoms with E-state index in [4.69, 9.17) is 10.5 Å². The lowest BCUT2D eigenvalue weighted by atomic mass is 9.99. The number of aromatic nitrogens is 2. The minimum atomic E-state index is -0.778. The van der Waals surface area contributed by atoms with Gasteiger partial charge in [-0.3, -0.25) is 5.10 Å². The first kappa shape index (κ1) is 11.5. The quantitative estimate of drug-likeness (QED) is 0.748. The van der Waals surface area contributed by atoms with Gasteiger partial charge in [0.1, 0.15) is 17.7 Å². The Kier molecular flexibility index (Phi) is 3.01. The Bertz CT molecular complexity index is 522. The summed E-state index contributed by atoms with van der Waals surface area (Å²) in [6.07, 6.45) is 0.753. The SMILES string of the molecule is COc1ccc(C(O)c2cn[nH]c2N)c(C)c1. The van der Waals surface area contributed by atoms with Crippen molar-refractivity contribution in [2.24, 2.45) is 0 Å². The average Bonchev–Trinajstić information content (AvgIpc) is 2.74. The van der Waals surface area contributed by atoms with E-state index < -0.39 is 6.10 Å². The maximum absolute atomic E-state index is 10.2. The Balaban J connectivity index is 2.38. The summed E-state index contributed by atoms with van der Waals surface area (Å²) in [5, 5.41) is 16.6. The normalized spacial score (nSPS) is 12.4. The number of hydrogen-bond donors (Lipinski definition) is 3. The van der Waals surface area contributed by atoms with Crippen molar-refractivity contribution in [2.45, 2.75) is 13.0 Å². The Morgan fingerprint density at radius 2 is 2.18 bits per heavy atom. The number of aliphatic hydroxyl groups is 1. The molecule has 0 radical (unpaired) electrons. The van der Waals surface area contributed by atoms with Crippen LogP contribution in [0, 0.1) is 6.92 Å². The molecule has 0 spiro atoms. The van der Waals surface area contributed by atoms with E-state index in [1.54, 1.807) is 7.11 Å². The summed E-state index contributed by atoms with van der Waals surface area (Å²) >= 11 is 0. The molecule has 5 heteroatoms. The van der Waals surface area contributed by atoms with E-state index in [0.29, 0.717) is 11.4 Å². The van der Waals surface area contributed by atoms with Gasteiger partial charge in [0.25, 0.3) is 0 Å². The molecule has 0 bridgehead atoms. The van der Waals surface area contributed by atoms with E-state index in [1.165, 1.54) is 6.20 Å². The zero-order valence-corrected chi connectivity index (χ0v) is 9.77. The predicted molar refractivity (Wildman–Crippen MR) is 64.8 cm³/mol. The topological polar surface area (TPSA) is 84.2 Å². The largest absolute Gasteiger partial charge is 0.497 e. The Morgan fingerprint density at radius 1 is 1.41 bits per heavy atom. The molecule has 0 fully saturated rings. The van der Waals surface area contributed by atoms with Crippen LogP contribution in [-0.4, -0.2) is 22.4 Å². The second-order valence-electron chi connectivity index (χ2n) is 3.86. The number of methoxy groups -OCH3 is 1. The lowest BCUT2D eigenvalue weighted by Crippen LogP contribution is -2.04. The van der Waals surface area contributed by atoms with Crippen LogP contribution in [0.1, 0.15) is 22.8 Å². The highest BCUT2D eigenvalue weighted by molar-refractivity contribution is 5.46. The minimum Gasteiger partial charge on any atom is -0.497 e. The van der Waals surface area contributed by atoms with Crippen LogP contribution in [0.2, 0.25) is 0 Å². The van der Waals surface area contributed by atoms with Gasteiger partial charge in [-0.25, -0.2) is 0 Å². The molecule has 2 rings (SSSR count). The maximum atomic E-state index is 10.2. The van der Waals surface area contributed by atoms with Crippen molar-refractivity contribution >= 4 is 5.82 Å². The van der Waals surface area contributed by atoms with Gasteiger partial charge in [-0.2, -0.15) is 5.10 Å². The first-order valence-corrected chi connectivity index (χ1v) is 5.25. The molecule has 0 amide bonds. The maximum Gasteiger partial charge on any atom is 0.125 e. The highest BCUT2D eigenvalue weighted by Crippen LogP contribution is 2.29. The molecule has 5 nitrogen and oxygen atoms in total. The van der Waals surface area contributed by atoms with Crippen LogP contribution in [0.3, 0.4) is 0 Å². The van der Waals surface area contributed by atoms with Crippen LogP contribution in [0.15, 0.2) is 24.4 Å². The molecular weight excluding hydrogens is 218 g/mol. The number of benzene rings is 1. The number of aliphatic hydroxyl groups excluding tert-OH is 1. The van der Waals surface area contributed by atoms with Gasteiger partial charge < -0.3 is 15.6 Å². The van der Waals surface area contributed by atoms with Gasteiger partial charge in [-0.1, -0.05) is 6.07 Å². The number of anilines is 1. The lowest BCUT2D eigenvalue weighted by molar-refractivity contribution is 0.220. The zero-order chi connectivity index (χ0) is 12.4. The van der Waals surface area contributed by atoms with E-state index in [0.717, 1.165) is 16.9 Å². The predicted octanol–water partition coefficient (Wildman–Crippen LogP) is 1.39. The molecule has 0 aliphatic carbocycles. The number of nitrogens with one attached hydrogen (secondary N) is 1. The molecule has 1 aromatic carbocycles. The Labute approximate surface area is 99.2 Å². The van der Waals surface area contributed by atoms with Crippen LogP contribution in [0.25, 0.3) is 0 Å². The molecule has 0 aliphatic heterocycles. The lowest BCUT2D eigenvalue weighted by Gasteiger charge is -2.13. The first-order valence-electron chi connectivity index (χ1n) is 5.25. The molecule has 1 atom stereocenters. The van der Waals surface area contributed by atoms with Crippen molar-refractivity contribution in [1.29, 1.82) is 0 Å². The van der Waals surface area contributed by atoms with Crippen molar-refractivity contribution in [1.82, 2.24) is 10.2 Å². The first-order chi connectivity index (χ1) is 8.13. The van der Waals surface area contributed by atoms with Crippen molar-refractivity contribution in [2.75, 3.05) is 12.8 Å². The summed E-state index contributed by atoms with van der Waals surface area (Å²) in [7, 11) is 1.61. The average molecular weight is 233 g/mol. The molecule has 2 aromatic rings. The van der Waals surface area contributed by atoms with E-state index >= 15 is 0 Å². The smallest absolute Gasteiger partial charge is 0.125 e. The van der Waals surface area contributed by atoms with Gasteiger partial charge in [-0.15, -0.1) is 0 Å². The van der Waals surface area contributed by atoms with Crippen LogP contribution in [0.5, 0.6) is 5.75 Å². The second-order valence-corrected chi connectivity index (χ2v) is 3.86. The van der Waals surface area contributed by atoms with Gasteiger partial charge in [0.05, 0.1) is 13.3 Å². The second kappa shape index (κ2) is 4.47. The highest BCUT2D eigenvalue weighted by Gasteiger charge is 2.17. The fourth-order valence-electron chi connectivity index (χ4n) is 1.77. The zero-order valence-electron chi connectivity index (χ0n) is 9.77. The summed E-state index contributed by atoms with van der Waals surface area (Å²) in [5.41, 5.74) is 8.00. The van der Waals surface area contributed by atoms with Gasteiger partial charge >= 0.3 is 0 Å². The molecule has 90 valence electrons. The van der Waals surface area contributed by atoms with Gasteiger partial charge in [0, 0.05) is 5.56 Å². The number of nitrogens with zero attached hydrogens (tertiary/aromatic N) is 1. The van der Waals surface area contributed by atoms with Gasteiger partial charge in [-0.05, 0) is 30.2 Å². The van der Waals surface area contributed by atoms with E-state index in [-0.39, 0.29) is 0 Å². The summed E-state index contributed by atoms with van der Waals surface area (Å²) in [6.45, 7) is 1.91. The summed E-state index contributed by atoms with van der Waals surface area (Å²) < 4.78 is 5.12. The number of hydrogen-bond acceptors (Lipinski definition) is 4.